The molecule has 1 aliphatic rings. The van der Waals surface area contributed by atoms with E-state index in [2.05, 4.69) is 9.88 Å². The summed E-state index contributed by atoms with van der Waals surface area (Å²) < 4.78 is 11.1. The maximum atomic E-state index is 11.8. The van der Waals surface area contributed by atoms with E-state index in [9.17, 15) is 9.90 Å². The van der Waals surface area contributed by atoms with Crippen molar-refractivity contribution in [3.8, 4) is 0 Å². The number of nitrogens with zero attached hydrogens (tertiary/aromatic N) is 2. The summed E-state index contributed by atoms with van der Waals surface area (Å²) in [6.07, 6.45) is 1.36. The van der Waals surface area contributed by atoms with Crippen molar-refractivity contribution in [3.05, 3.63) is 23.2 Å². The van der Waals surface area contributed by atoms with Crippen LogP contribution in [0.2, 0.25) is 0 Å². The number of carbonyl (C=O) groups is 1. The zero-order chi connectivity index (χ0) is 14.8. The van der Waals surface area contributed by atoms with Crippen molar-refractivity contribution in [2.24, 2.45) is 0 Å². The second-order valence-electron chi connectivity index (χ2n) is 4.77. The van der Waals surface area contributed by atoms with Crippen LogP contribution in [-0.4, -0.2) is 55.6 Å². The summed E-state index contributed by atoms with van der Waals surface area (Å²) in [6.45, 7) is 1.85. The van der Waals surface area contributed by atoms with Crippen LogP contribution in [0.25, 0.3) is 10.1 Å². The molecule has 0 amide bonds. The van der Waals surface area contributed by atoms with Gasteiger partial charge in [-0.3, -0.25) is 0 Å². The minimum atomic E-state index is -0.378. The van der Waals surface area contributed by atoms with Crippen molar-refractivity contribution < 1.29 is 19.4 Å². The highest BCUT2D eigenvalue weighted by Crippen LogP contribution is 2.32. The van der Waals surface area contributed by atoms with Gasteiger partial charge in [-0.1, -0.05) is 0 Å². The van der Waals surface area contributed by atoms with E-state index in [0.29, 0.717) is 25.3 Å². The molecule has 0 bridgehead atoms. The molecular formula is C14H16N2O4S. The molecular weight excluding hydrogens is 292 g/mol. The van der Waals surface area contributed by atoms with Crippen LogP contribution in [0.1, 0.15) is 10.4 Å². The largest absolute Gasteiger partial charge is 0.465 e. The zero-order valence-electron chi connectivity index (χ0n) is 11.6. The third-order valence-corrected chi connectivity index (χ3v) is 4.46. The normalized spacial score (nSPS) is 19.0. The molecule has 0 radical (unpaired) electrons. The molecule has 1 N–H and O–H groups in total. The lowest BCUT2D eigenvalue weighted by molar-refractivity contribution is 0.00344. The highest BCUT2D eigenvalue weighted by molar-refractivity contribution is 7.17. The number of fused-ring (bicyclic) bond motifs is 1. The van der Waals surface area contributed by atoms with E-state index in [1.807, 2.05) is 11.4 Å². The van der Waals surface area contributed by atoms with Gasteiger partial charge in [0.1, 0.15) is 5.82 Å². The average molecular weight is 308 g/mol. The van der Waals surface area contributed by atoms with Crippen molar-refractivity contribution in [2.45, 2.75) is 6.10 Å². The number of carbonyl (C=O) groups excluding carboxylic acids is 1. The highest BCUT2D eigenvalue weighted by Gasteiger charge is 2.24. The minimum absolute atomic E-state index is 0.0104. The predicted molar refractivity (Wildman–Crippen MR) is 80.0 cm³/mol. The van der Waals surface area contributed by atoms with Gasteiger partial charge in [0.15, 0.2) is 0 Å². The van der Waals surface area contributed by atoms with Crippen LogP contribution < -0.4 is 4.90 Å². The lowest BCUT2D eigenvalue weighted by Gasteiger charge is -2.33. The third kappa shape index (κ3) is 2.59. The first-order valence-corrected chi connectivity index (χ1v) is 7.54. The van der Waals surface area contributed by atoms with Crippen molar-refractivity contribution in [3.63, 3.8) is 0 Å². The van der Waals surface area contributed by atoms with E-state index in [-0.39, 0.29) is 18.7 Å². The molecule has 112 valence electrons. The molecule has 0 aliphatic carbocycles. The van der Waals surface area contributed by atoms with Gasteiger partial charge in [0, 0.05) is 24.7 Å². The Labute approximate surface area is 125 Å². The van der Waals surface area contributed by atoms with E-state index >= 15 is 0 Å². The van der Waals surface area contributed by atoms with Crippen LogP contribution in [0.4, 0.5) is 5.82 Å². The molecule has 1 saturated heterocycles. The Morgan fingerprint density at radius 3 is 3.29 bits per heavy atom. The maximum absolute atomic E-state index is 11.8. The molecule has 1 aliphatic heterocycles. The van der Waals surface area contributed by atoms with Gasteiger partial charge < -0.3 is 19.5 Å². The number of ether oxygens (including phenoxy) is 2. The number of aromatic nitrogens is 1. The summed E-state index contributed by atoms with van der Waals surface area (Å²) in [5.41, 5.74) is 0.484. The summed E-state index contributed by atoms with van der Waals surface area (Å²) in [7, 11) is 1.36. The van der Waals surface area contributed by atoms with Crippen LogP contribution in [0.5, 0.6) is 0 Å². The molecule has 1 atom stereocenters. The second kappa shape index (κ2) is 5.97. The number of hydrogen-bond donors (Lipinski definition) is 1. The van der Waals surface area contributed by atoms with Crippen LogP contribution in [0.15, 0.2) is 17.6 Å². The lowest BCUT2D eigenvalue weighted by Crippen LogP contribution is -2.44. The van der Waals surface area contributed by atoms with Gasteiger partial charge in [-0.2, -0.15) is 0 Å². The molecule has 0 spiro atoms. The molecule has 21 heavy (non-hydrogen) atoms. The number of morpholine rings is 1. The highest BCUT2D eigenvalue weighted by atomic mass is 32.1. The number of esters is 1. The van der Waals surface area contributed by atoms with E-state index < -0.39 is 0 Å². The third-order valence-electron chi connectivity index (χ3n) is 3.51. The van der Waals surface area contributed by atoms with E-state index in [1.54, 1.807) is 6.20 Å². The van der Waals surface area contributed by atoms with Crippen LogP contribution in [0, 0.1) is 0 Å². The van der Waals surface area contributed by atoms with E-state index in [0.717, 1.165) is 15.9 Å². The molecule has 0 saturated carbocycles. The smallest absolute Gasteiger partial charge is 0.340 e. The van der Waals surface area contributed by atoms with Crippen molar-refractivity contribution in [2.75, 3.05) is 38.3 Å². The van der Waals surface area contributed by atoms with Gasteiger partial charge in [0.2, 0.25) is 0 Å². The van der Waals surface area contributed by atoms with Crippen molar-refractivity contribution >= 4 is 33.2 Å². The molecule has 3 rings (SSSR count). The fraction of sp³-hybridized carbons (Fsp3) is 0.429. The summed E-state index contributed by atoms with van der Waals surface area (Å²) in [5, 5.41) is 12.1. The molecule has 0 aromatic carbocycles. The Morgan fingerprint density at radius 1 is 1.67 bits per heavy atom. The molecule has 2 aromatic heterocycles. The molecule has 3 heterocycles. The van der Waals surface area contributed by atoms with Gasteiger partial charge in [0.05, 0.1) is 36.7 Å². The van der Waals surface area contributed by atoms with Gasteiger partial charge in [-0.15, -0.1) is 11.3 Å². The number of anilines is 1. The van der Waals surface area contributed by atoms with E-state index in [1.165, 1.54) is 18.4 Å². The van der Waals surface area contributed by atoms with Crippen LogP contribution >= 0.6 is 11.3 Å². The molecule has 6 nitrogen and oxygen atoms in total. The van der Waals surface area contributed by atoms with Crippen LogP contribution in [0.3, 0.4) is 0 Å². The summed E-state index contributed by atoms with van der Waals surface area (Å²) in [4.78, 5) is 18.3. The van der Waals surface area contributed by atoms with Gasteiger partial charge in [0.25, 0.3) is 0 Å². The molecule has 7 heteroatoms. The van der Waals surface area contributed by atoms with Gasteiger partial charge in [-0.25, -0.2) is 9.78 Å². The number of rotatable bonds is 3. The maximum Gasteiger partial charge on any atom is 0.340 e. The first-order valence-electron chi connectivity index (χ1n) is 6.66. The molecule has 2 aromatic rings. The lowest BCUT2D eigenvalue weighted by atomic mass is 10.2. The number of methoxy groups -OCH3 is 1. The Morgan fingerprint density at radius 2 is 2.52 bits per heavy atom. The minimum Gasteiger partial charge on any atom is -0.465 e. The number of aliphatic hydroxyl groups excluding tert-OH is 1. The van der Waals surface area contributed by atoms with E-state index in [4.69, 9.17) is 9.47 Å². The number of pyridine rings is 1. The Balaban J connectivity index is 2.00. The molecule has 1 fully saturated rings. The first kappa shape index (κ1) is 14.2. The topological polar surface area (TPSA) is 71.9 Å². The van der Waals surface area contributed by atoms with Crippen molar-refractivity contribution in [1.82, 2.24) is 4.98 Å². The monoisotopic (exact) mass is 308 g/mol. The van der Waals surface area contributed by atoms with Gasteiger partial charge in [-0.05, 0) is 11.4 Å². The van der Waals surface area contributed by atoms with Gasteiger partial charge >= 0.3 is 5.97 Å². The summed E-state index contributed by atoms with van der Waals surface area (Å²) >= 11 is 1.49. The SMILES string of the molecule is COC(=O)c1cnc(N2CCOC(CO)C2)c2ccsc12. The predicted octanol–water partition coefficient (Wildman–Crippen LogP) is 1.28. The quantitative estimate of drug-likeness (QED) is 0.861. The first-order chi connectivity index (χ1) is 10.2. The Hall–Kier alpha value is -1.70. The summed E-state index contributed by atoms with van der Waals surface area (Å²) in [5.74, 6) is 0.442. The van der Waals surface area contributed by atoms with Crippen LogP contribution in [-0.2, 0) is 9.47 Å². The Bertz CT molecular complexity index is 657. The second-order valence-corrected chi connectivity index (χ2v) is 5.69. The van der Waals surface area contributed by atoms with Crippen molar-refractivity contribution in [1.29, 1.82) is 0 Å². The number of thiophene rings is 1. The number of aliphatic hydroxyl groups is 1. The fourth-order valence-electron chi connectivity index (χ4n) is 2.48. The Kier molecular flexibility index (Phi) is 4.05. The number of hydrogen-bond acceptors (Lipinski definition) is 7. The average Bonchev–Trinajstić information content (AvgIpc) is 3.02. The standard InChI is InChI=1S/C14H16N2O4S/c1-19-14(18)11-6-15-13(10-2-5-21-12(10)11)16-3-4-20-9(7-16)8-17/h2,5-6,9,17H,3-4,7-8H2,1H3. The zero-order valence-corrected chi connectivity index (χ0v) is 12.4. The fourth-order valence-corrected chi connectivity index (χ4v) is 3.37. The summed E-state index contributed by atoms with van der Waals surface area (Å²) in [6, 6.07) is 1.96. The molecule has 1 unspecified atom stereocenters.